The molecule has 2 aliphatic heterocycles. The Hall–Kier alpha value is -1.34. The molecule has 1 aromatic carbocycles. The van der Waals surface area contributed by atoms with E-state index in [-0.39, 0.29) is 11.7 Å². The van der Waals surface area contributed by atoms with Gasteiger partial charge in [-0.25, -0.2) is 0 Å². The molecule has 122 valence electrons. The fraction of sp³-hybridized carbons (Fsp3) is 0.529. The van der Waals surface area contributed by atoms with E-state index in [1.165, 1.54) is 17.1 Å². The van der Waals surface area contributed by atoms with E-state index in [0.717, 1.165) is 38.2 Å². The van der Waals surface area contributed by atoms with E-state index < -0.39 is 0 Å². The van der Waals surface area contributed by atoms with Crippen LogP contribution < -0.4 is 0 Å². The molecular weight excluding hydrogens is 310 g/mol. The minimum absolute atomic E-state index is 0.0230. The van der Waals surface area contributed by atoms with Crippen LogP contribution in [-0.4, -0.2) is 45.9 Å². The van der Waals surface area contributed by atoms with Gasteiger partial charge in [0.25, 0.3) is 0 Å². The summed E-state index contributed by atoms with van der Waals surface area (Å²) < 4.78 is 16.1. The molecule has 2 fully saturated rings. The highest BCUT2D eigenvalue weighted by atomic mass is 32.1. The van der Waals surface area contributed by atoms with Crippen LogP contribution in [0, 0.1) is 0 Å². The zero-order chi connectivity index (χ0) is 15.5. The van der Waals surface area contributed by atoms with Crippen LogP contribution in [0.25, 0.3) is 0 Å². The lowest BCUT2D eigenvalue weighted by Crippen LogP contribution is -2.33. The van der Waals surface area contributed by atoms with Gasteiger partial charge in [0.05, 0.1) is 30.6 Å². The van der Waals surface area contributed by atoms with Crippen molar-refractivity contribution in [3.05, 3.63) is 47.0 Å². The van der Waals surface area contributed by atoms with Gasteiger partial charge < -0.3 is 9.47 Å². The molecule has 0 aliphatic carbocycles. The molecule has 6 heteroatoms. The van der Waals surface area contributed by atoms with Crippen molar-refractivity contribution < 1.29 is 9.47 Å². The van der Waals surface area contributed by atoms with Crippen molar-refractivity contribution in [3.8, 4) is 0 Å². The zero-order valence-corrected chi connectivity index (χ0v) is 13.9. The standard InChI is InChI=1S/C17H21N3O2S/c1-2-4-14(5-3-1)10-21-16-8-17(22-11-16)6-7-20(13-17)9-15-12-23-19-18-15/h1-5,12,16H,6-11,13H2. The van der Waals surface area contributed by atoms with Crippen LogP contribution >= 0.6 is 11.5 Å². The summed E-state index contributed by atoms with van der Waals surface area (Å²) in [5.74, 6) is 0. The quantitative estimate of drug-likeness (QED) is 0.842. The van der Waals surface area contributed by atoms with E-state index >= 15 is 0 Å². The van der Waals surface area contributed by atoms with Crippen molar-refractivity contribution in [1.29, 1.82) is 0 Å². The number of benzene rings is 1. The lowest BCUT2D eigenvalue weighted by atomic mass is 9.98. The Labute approximate surface area is 140 Å². The van der Waals surface area contributed by atoms with Crippen LogP contribution in [0.15, 0.2) is 35.7 Å². The molecule has 1 aromatic heterocycles. The van der Waals surface area contributed by atoms with Gasteiger partial charge in [-0.3, -0.25) is 4.90 Å². The molecule has 0 radical (unpaired) electrons. The number of hydrogen-bond donors (Lipinski definition) is 0. The normalized spacial score (nSPS) is 27.9. The van der Waals surface area contributed by atoms with Crippen LogP contribution in [0.1, 0.15) is 24.1 Å². The maximum Gasteiger partial charge on any atom is 0.0895 e. The predicted octanol–water partition coefficient (Wildman–Crippen LogP) is 2.49. The van der Waals surface area contributed by atoms with Crippen molar-refractivity contribution in [2.24, 2.45) is 0 Å². The SMILES string of the molecule is c1ccc(COC2COC3(CCN(Cc4csnn4)C3)C2)cc1. The molecule has 2 aliphatic rings. The molecule has 23 heavy (non-hydrogen) atoms. The van der Waals surface area contributed by atoms with Crippen LogP contribution in [0.5, 0.6) is 0 Å². The van der Waals surface area contributed by atoms with Gasteiger partial charge >= 0.3 is 0 Å². The Morgan fingerprint density at radius 3 is 3.09 bits per heavy atom. The number of nitrogens with zero attached hydrogens (tertiary/aromatic N) is 3. The second kappa shape index (κ2) is 6.65. The lowest BCUT2D eigenvalue weighted by Gasteiger charge is -2.23. The molecule has 2 unspecified atom stereocenters. The Balaban J connectivity index is 1.28. The Bertz CT molecular complexity index is 622. The lowest BCUT2D eigenvalue weighted by molar-refractivity contribution is -0.000471. The highest BCUT2D eigenvalue weighted by molar-refractivity contribution is 7.03. The highest BCUT2D eigenvalue weighted by Gasteiger charge is 2.45. The average Bonchev–Trinajstić information content (AvgIpc) is 3.31. The minimum Gasteiger partial charge on any atom is -0.371 e. The van der Waals surface area contributed by atoms with E-state index in [1.807, 2.05) is 23.6 Å². The molecule has 4 rings (SSSR count). The van der Waals surface area contributed by atoms with Crippen molar-refractivity contribution in [2.75, 3.05) is 19.7 Å². The molecular formula is C17H21N3O2S. The molecule has 0 bridgehead atoms. The molecule has 5 nitrogen and oxygen atoms in total. The molecule has 0 saturated carbocycles. The first-order chi connectivity index (χ1) is 11.3. The fourth-order valence-corrected chi connectivity index (χ4v) is 3.97. The summed E-state index contributed by atoms with van der Waals surface area (Å²) >= 11 is 1.41. The summed E-state index contributed by atoms with van der Waals surface area (Å²) in [5, 5.41) is 6.15. The fourth-order valence-electron chi connectivity index (χ4n) is 3.53. The first kappa shape index (κ1) is 15.2. The monoisotopic (exact) mass is 331 g/mol. The van der Waals surface area contributed by atoms with E-state index in [4.69, 9.17) is 9.47 Å². The van der Waals surface area contributed by atoms with Crippen LogP contribution in [0.3, 0.4) is 0 Å². The summed E-state index contributed by atoms with van der Waals surface area (Å²) in [6.45, 7) is 4.27. The van der Waals surface area contributed by atoms with Crippen LogP contribution in [-0.2, 0) is 22.6 Å². The molecule has 3 heterocycles. The maximum atomic E-state index is 6.15. The van der Waals surface area contributed by atoms with Gasteiger partial charge in [0.1, 0.15) is 0 Å². The zero-order valence-electron chi connectivity index (χ0n) is 13.1. The predicted molar refractivity (Wildman–Crippen MR) is 88.1 cm³/mol. The second-order valence-corrected chi connectivity index (χ2v) is 7.08. The third-order valence-corrected chi connectivity index (χ3v) is 5.24. The number of likely N-dealkylation sites (tertiary alicyclic amines) is 1. The highest BCUT2D eigenvalue weighted by Crippen LogP contribution is 2.36. The van der Waals surface area contributed by atoms with Gasteiger partial charge in [-0.15, -0.1) is 5.10 Å². The van der Waals surface area contributed by atoms with E-state index in [1.54, 1.807) is 0 Å². The van der Waals surface area contributed by atoms with Gasteiger partial charge in [0.2, 0.25) is 0 Å². The summed E-state index contributed by atoms with van der Waals surface area (Å²) in [4.78, 5) is 2.41. The molecule has 1 spiro atoms. The molecule has 2 saturated heterocycles. The topological polar surface area (TPSA) is 47.5 Å². The molecule has 2 aromatic rings. The first-order valence-corrected chi connectivity index (χ1v) is 8.93. The Morgan fingerprint density at radius 2 is 2.26 bits per heavy atom. The average molecular weight is 331 g/mol. The smallest absolute Gasteiger partial charge is 0.0895 e. The molecule has 0 amide bonds. The van der Waals surface area contributed by atoms with Crippen molar-refractivity contribution in [2.45, 2.75) is 37.7 Å². The third kappa shape index (κ3) is 3.61. The molecule has 0 N–H and O–H groups in total. The van der Waals surface area contributed by atoms with Crippen molar-refractivity contribution in [3.63, 3.8) is 0 Å². The largest absolute Gasteiger partial charge is 0.371 e. The van der Waals surface area contributed by atoms with Gasteiger partial charge in [-0.05, 0) is 23.5 Å². The molecule has 2 atom stereocenters. The van der Waals surface area contributed by atoms with Crippen molar-refractivity contribution >= 4 is 11.5 Å². The summed E-state index contributed by atoms with van der Waals surface area (Å²) in [5.41, 5.74) is 2.25. The van der Waals surface area contributed by atoms with E-state index in [2.05, 4.69) is 26.6 Å². The van der Waals surface area contributed by atoms with Crippen LogP contribution in [0.2, 0.25) is 0 Å². The van der Waals surface area contributed by atoms with Gasteiger partial charge in [-0.2, -0.15) is 0 Å². The van der Waals surface area contributed by atoms with E-state index in [9.17, 15) is 0 Å². The number of hydrogen-bond acceptors (Lipinski definition) is 6. The van der Waals surface area contributed by atoms with Crippen LogP contribution in [0.4, 0.5) is 0 Å². The Morgan fingerprint density at radius 1 is 1.35 bits per heavy atom. The third-order valence-electron chi connectivity index (χ3n) is 4.69. The first-order valence-electron chi connectivity index (χ1n) is 8.09. The van der Waals surface area contributed by atoms with Crippen molar-refractivity contribution in [1.82, 2.24) is 14.5 Å². The van der Waals surface area contributed by atoms with E-state index in [0.29, 0.717) is 13.2 Å². The maximum absolute atomic E-state index is 6.15. The minimum atomic E-state index is -0.0230. The number of rotatable bonds is 5. The summed E-state index contributed by atoms with van der Waals surface area (Å²) in [6.07, 6.45) is 2.28. The van der Waals surface area contributed by atoms with Gasteiger partial charge in [0, 0.05) is 31.4 Å². The Kier molecular flexibility index (Phi) is 4.39. The second-order valence-electron chi connectivity index (χ2n) is 6.47. The van der Waals surface area contributed by atoms with Gasteiger partial charge in [-0.1, -0.05) is 34.8 Å². The van der Waals surface area contributed by atoms with Gasteiger partial charge in [0.15, 0.2) is 0 Å². The number of ether oxygens (including phenoxy) is 2. The summed E-state index contributed by atoms with van der Waals surface area (Å²) in [7, 11) is 0. The summed E-state index contributed by atoms with van der Waals surface area (Å²) in [6, 6.07) is 10.3. The number of aromatic nitrogens is 2.